The van der Waals surface area contributed by atoms with Crippen LogP contribution in [0.1, 0.15) is 32.7 Å². The fourth-order valence-electron chi connectivity index (χ4n) is 4.05. The summed E-state index contributed by atoms with van der Waals surface area (Å²) in [4.78, 5) is 24.9. The summed E-state index contributed by atoms with van der Waals surface area (Å²) in [6.45, 7) is -0.0420. The van der Waals surface area contributed by atoms with Crippen LogP contribution >= 0.6 is 0 Å². The number of carbonyl (C=O) groups is 1. The molecule has 0 aliphatic heterocycles. The first-order valence-electron chi connectivity index (χ1n) is 11.2. The predicted molar refractivity (Wildman–Crippen MR) is 131 cm³/mol. The summed E-state index contributed by atoms with van der Waals surface area (Å²) < 4.78 is 53.7. The zero-order valence-corrected chi connectivity index (χ0v) is 19.2. The molecule has 0 radical (unpaired) electrons. The highest BCUT2D eigenvalue weighted by Gasteiger charge is 2.31. The van der Waals surface area contributed by atoms with Crippen molar-refractivity contribution in [1.29, 1.82) is 0 Å². The number of aromatic nitrogens is 3. The normalized spacial score (nSPS) is 11.7. The van der Waals surface area contributed by atoms with Gasteiger partial charge in [-0.3, -0.25) is 14.8 Å². The summed E-state index contributed by atoms with van der Waals surface area (Å²) in [7, 11) is 0. The highest BCUT2D eigenvalue weighted by molar-refractivity contribution is 5.94. The van der Waals surface area contributed by atoms with E-state index in [1.165, 1.54) is 24.5 Å². The van der Waals surface area contributed by atoms with Gasteiger partial charge in [-0.05, 0) is 59.5 Å². The van der Waals surface area contributed by atoms with E-state index in [4.69, 9.17) is 5.73 Å². The van der Waals surface area contributed by atoms with Gasteiger partial charge in [-0.1, -0.05) is 6.07 Å². The summed E-state index contributed by atoms with van der Waals surface area (Å²) in [6, 6.07) is 13.8. The zero-order chi connectivity index (χ0) is 26.2. The zero-order valence-electron chi connectivity index (χ0n) is 19.2. The van der Waals surface area contributed by atoms with Crippen LogP contribution in [0.15, 0.2) is 73.2 Å². The van der Waals surface area contributed by atoms with E-state index in [-0.39, 0.29) is 12.4 Å². The molecule has 186 valence electrons. The van der Waals surface area contributed by atoms with E-state index in [0.29, 0.717) is 50.5 Å². The fourth-order valence-corrected chi connectivity index (χ4v) is 4.05. The van der Waals surface area contributed by atoms with Gasteiger partial charge in [0.05, 0.1) is 11.1 Å². The average Bonchev–Trinajstić information content (AvgIpc) is 2.87. The minimum atomic E-state index is -4.49. The van der Waals surface area contributed by atoms with Gasteiger partial charge in [-0.2, -0.15) is 13.2 Å². The molecular formula is C27H19F4N5O. The quantitative estimate of drug-likeness (QED) is 0.310. The van der Waals surface area contributed by atoms with Gasteiger partial charge in [0, 0.05) is 59.1 Å². The van der Waals surface area contributed by atoms with Gasteiger partial charge in [0.15, 0.2) is 0 Å². The van der Waals surface area contributed by atoms with Gasteiger partial charge in [-0.15, -0.1) is 0 Å². The topological polar surface area (TPSA) is 93.8 Å². The lowest BCUT2D eigenvalue weighted by Gasteiger charge is -2.10. The molecule has 5 rings (SSSR count). The van der Waals surface area contributed by atoms with E-state index in [9.17, 15) is 22.4 Å². The smallest absolute Gasteiger partial charge is 0.383 e. The third kappa shape index (κ3) is 5.18. The SMILES string of the molecule is Nc1nccc2cc(CNC(=O)c3ccnc(Cc4ccc5ncc(C(F)(F)F)cc5c4)c3)c(F)cc12. The van der Waals surface area contributed by atoms with Crippen LogP contribution in [0.3, 0.4) is 0 Å². The molecule has 3 heterocycles. The number of carbonyl (C=O) groups excluding carboxylic acids is 1. The third-order valence-corrected chi connectivity index (χ3v) is 5.94. The molecule has 0 unspecified atom stereocenters. The van der Waals surface area contributed by atoms with E-state index in [2.05, 4.69) is 20.3 Å². The van der Waals surface area contributed by atoms with Crippen molar-refractivity contribution in [2.24, 2.45) is 0 Å². The van der Waals surface area contributed by atoms with Gasteiger partial charge in [0.25, 0.3) is 5.91 Å². The number of hydrogen-bond acceptors (Lipinski definition) is 5. The Bertz CT molecular complexity index is 1650. The maximum atomic E-state index is 14.5. The number of anilines is 1. The number of amides is 1. The first-order valence-corrected chi connectivity index (χ1v) is 11.2. The number of nitrogens with two attached hydrogens (primary N) is 1. The van der Waals surface area contributed by atoms with Crippen molar-refractivity contribution in [3.63, 3.8) is 0 Å². The number of rotatable bonds is 5. The molecular weight excluding hydrogens is 486 g/mol. The summed E-state index contributed by atoms with van der Waals surface area (Å²) >= 11 is 0. The molecule has 3 N–H and O–H groups in total. The second kappa shape index (κ2) is 9.45. The van der Waals surface area contributed by atoms with Crippen LogP contribution in [0.2, 0.25) is 0 Å². The summed E-state index contributed by atoms with van der Waals surface area (Å²) in [5.41, 5.74) is 7.29. The monoisotopic (exact) mass is 505 g/mol. The number of nitrogens with zero attached hydrogens (tertiary/aromatic N) is 3. The van der Waals surface area contributed by atoms with E-state index < -0.39 is 23.5 Å². The molecule has 0 saturated heterocycles. The van der Waals surface area contributed by atoms with Crippen LogP contribution in [0.4, 0.5) is 23.4 Å². The number of pyridine rings is 3. The second-order valence-corrected chi connectivity index (χ2v) is 8.51. The number of fused-ring (bicyclic) bond motifs is 2. The number of halogens is 4. The first-order chi connectivity index (χ1) is 17.7. The van der Waals surface area contributed by atoms with Crippen LogP contribution in [0.25, 0.3) is 21.7 Å². The number of nitrogens with one attached hydrogen (secondary N) is 1. The number of benzene rings is 2. The van der Waals surface area contributed by atoms with Crippen LogP contribution < -0.4 is 11.1 Å². The Morgan fingerprint density at radius 3 is 2.54 bits per heavy atom. The van der Waals surface area contributed by atoms with Gasteiger partial charge < -0.3 is 11.1 Å². The molecule has 0 aliphatic rings. The largest absolute Gasteiger partial charge is 0.417 e. The molecule has 37 heavy (non-hydrogen) atoms. The minimum Gasteiger partial charge on any atom is -0.383 e. The Morgan fingerprint density at radius 2 is 1.73 bits per heavy atom. The van der Waals surface area contributed by atoms with Crippen LogP contribution in [-0.2, 0) is 19.1 Å². The Kier molecular flexibility index (Phi) is 6.16. The summed E-state index contributed by atoms with van der Waals surface area (Å²) in [6.07, 6.45) is -0.385. The lowest BCUT2D eigenvalue weighted by molar-refractivity contribution is -0.137. The molecule has 1 amide bonds. The molecule has 2 aromatic carbocycles. The van der Waals surface area contributed by atoms with Crippen LogP contribution in [0, 0.1) is 5.82 Å². The molecule has 10 heteroatoms. The van der Waals surface area contributed by atoms with Crippen molar-refractivity contribution in [1.82, 2.24) is 20.3 Å². The van der Waals surface area contributed by atoms with Crippen LogP contribution in [0.5, 0.6) is 0 Å². The highest BCUT2D eigenvalue weighted by Crippen LogP contribution is 2.31. The van der Waals surface area contributed by atoms with E-state index in [1.54, 1.807) is 36.4 Å². The summed E-state index contributed by atoms with van der Waals surface area (Å²) in [5.74, 6) is -0.711. The molecule has 6 nitrogen and oxygen atoms in total. The van der Waals surface area contributed by atoms with Gasteiger partial charge >= 0.3 is 6.18 Å². The van der Waals surface area contributed by atoms with Gasteiger partial charge in [0.1, 0.15) is 11.6 Å². The molecule has 0 spiro atoms. The van der Waals surface area contributed by atoms with Gasteiger partial charge in [-0.25, -0.2) is 9.37 Å². The average molecular weight is 505 g/mol. The predicted octanol–water partition coefficient (Wildman–Crippen LogP) is 5.44. The van der Waals surface area contributed by atoms with Crippen LogP contribution in [-0.4, -0.2) is 20.9 Å². The summed E-state index contributed by atoms with van der Waals surface area (Å²) in [5, 5.41) is 4.26. The van der Waals surface area contributed by atoms with Crippen molar-refractivity contribution in [3.8, 4) is 0 Å². The lowest BCUT2D eigenvalue weighted by atomic mass is 10.0. The molecule has 0 fully saturated rings. The number of nitrogen functional groups attached to an aromatic ring is 1. The number of hydrogen-bond donors (Lipinski definition) is 2. The van der Waals surface area contributed by atoms with Gasteiger partial charge in [0.2, 0.25) is 0 Å². The van der Waals surface area contributed by atoms with E-state index in [1.807, 2.05) is 0 Å². The third-order valence-electron chi connectivity index (χ3n) is 5.94. The molecule has 0 saturated carbocycles. The Balaban J connectivity index is 1.31. The van der Waals surface area contributed by atoms with Crippen molar-refractivity contribution in [2.45, 2.75) is 19.1 Å². The second-order valence-electron chi connectivity index (χ2n) is 8.51. The Morgan fingerprint density at radius 1 is 0.919 bits per heavy atom. The molecule has 5 aromatic rings. The fraction of sp³-hybridized carbons (Fsp3) is 0.111. The minimum absolute atomic E-state index is 0.0420. The first kappa shape index (κ1) is 24.1. The Labute approximate surface area is 208 Å². The standard InChI is InChI=1S/C27H19F4N5O/c28-23-12-22-16(3-6-34-25(22)32)9-19(23)13-36-26(37)17-4-5-33-21(11-17)8-15-1-2-24-18(7-15)10-20(14-35-24)27(29,30)31/h1-7,9-12,14H,8,13H2,(H2,32,34)(H,36,37). The molecule has 0 atom stereocenters. The molecule has 0 aliphatic carbocycles. The maximum Gasteiger partial charge on any atom is 0.417 e. The maximum absolute atomic E-state index is 14.5. The Hall–Kier alpha value is -4.60. The van der Waals surface area contributed by atoms with E-state index in [0.717, 1.165) is 12.3 Å². The van der Waals surface area contributed by atoms with Crippen molar-refractivity contribution in [2.75, 3.05) is 5.73 Å². The highest BCUT2D eigenvalue weighted by atomic mass is 19.4. The van der Waals surface area contributed by atoms with Crippen molar-refractivity contribution >= 4 is 33.4 Å². The van der Waals surface area contributed by atoms with Crippen molar-refractivity contribution in [3.05, 3.63) is 107 Å². The molecule has 0 bridgehead atoms. The molecule has 3 aromatic heterocycles. The number of alkyl halides is 3. The van der Waals surface area contributed by atoms with Crippen molar-refractivity contribution < 1.29 is 22.4 Å². The van der Waals surface area contributed by atoms with E-state index >= 15 is 0 Å². The lowest BCUT2D eigenvalue weighted by Crippen LogP contribution is -2.23.